The summed E-state index contributed by atoms with van der Waals surface area (Å²) >= 11 is 0. The maximum atomic E-state index is 14.5. The van der Waals surface area contributed by atoms with E-state index in [4.69, 9.17) is 0 Å². The van der Waals surface area contributed by atoms with Crippen LogP contribution in [0, 0.1) is 0 Å². The van der Waals surface area contributed by atoms with Crippen LogP contribution in [0.15, 0.2) is 109 Å². The average molecular weight is 417 g/mol. The number of hydrogen-bond donors (Lipinski definition) is 0. The van der Waals surface area contributed by atoms with Gasteiger partial charge in [-0.05, 0) is 55.2 Å². The molecule has 0 saturated carbocycles. The molecule has 2 nitrogen and oxygen atoms in total. The Morgan fingerprint density at radius 1 is 0.419 bits per heavy atom. The molecular weight excluding hydrogens is 399 g/mol. The van der Waals surface area contributed by atoms with Crippen molar-refractivity contribution in [3.63, 3.8) is 0 Å². The first-order valence-corrected chi connectivity index (χ1v) is 11.9. The normalized spacial score (nSPS) is 12.2. The number of hydrogen-bond acceptors (Lipinski definition) is 1. The molecule has 0 spiro atoms. The predicted octanol–water partition coefficient (Wildman–Crippen LogP) is 6.96. The van der Waals surface area contributed by atoms with Crippen molar-refractivity contribution in [2.75, 3.05) is 0 Å². The van der Waals surface area contributed by atoms with Crippen molar-refractivity contribution in [2.24, 2.45) is 0 Å². The van der Waals surface area contributed by atoms with Crippen LogP contribution < -0.4 is 10.6 Å². The molecule has 0 aliphatic rings. The van der Waals surface area contributed by atoms with Gasteiger partial charge in [0, 0.05) is 0 Å². The predicted molar refractivity (Wildman–Crippen MR) is 130 cm³/mol. The lowest BCUT2D eigenvalue weighted by molar-refractivity contribution is 0.432. The molecule has 31 heavy (non-hydrogen) atoms. The highest BCUT2D eigenvalue weighted by Crippen LogP contribution is 2.48. The van der Waals surface area contributed by atoms with Gasteiger partial charge in [-0.3, -0.25) is 4.57 Å². The van der Waals surface area contributed by atoms with Crippen molar-refractivity contribution in [3.8, 4) is 0 Å². The Morgan fingerprint density at radius 3 is 0.968 bits per heavy atom. The fourth-order valence-corrected chi connectivity index (χ4v) is 7.03. The van der Waals surface area contributed by atoms with E-state index in [1.807, 2.05) is 97.1 Å². The van der Waals surface area contributed by atoms with Gasteiger partial charge in [0.15, 0.2) is 0 Å². The van der Waals surface area contributed by atoms with E-state index >= 15 is 0 Å². The molecule has 0 aromatic heterocycles. The highest BCUT2D eigenvalue weighted by atomic mass is 31.2. The molecule has 0 unspecified atom stereocenters. The maximum Gasteiger partial charge on any atom is 0.294 e. The van der Waals surface area contributed by atoms with Gasteiger partial charge in [-0.25, -0.2) is 0 Å². The molecule has 6 rings (SSSR count). The zero-order chi connectivity index (χ0) is 21.0. The van der Waals surface area contributed by atoms with Crippen LogP contribution in [-0.4, -0.2) is 0 Å². The van der Waals surface area contributed by atoms with Gasteiger partial charge in [0.1, 0.15) is 0 Å². The van der Waals surface area contributed by atoms with Gasteiger partial charge in [0.2, 0.25) is 0 Å². The van der Waals surface area contributed by atoms with E-state index in [0.717, 1.165) is 43.1 Å². The van der Waals surface area contributed by atoms with Crippen molar-refractivity contribution in [1.29, 1.82) is 0 Å². The number of rotatable bonds is 2. The second kappa shape index (κ2) is 6.78. The summed E-state index contributed by atoms with van der Waals surface area (Å²) in [6.07, 6.45) is 0. The molecule has 0 atom stereocenters. The van der Waals surface area contributed by atoms with Gasteiger partial charge in [-0.2, -0.15) is 4.89 Å². The third-order valence-corrected chi connectivity index (χ3v) is 8.22. The molecule has 1 radical (unpaired) electrons. The van der Waals surface area contributed by atoms with Crippen LogP contribution in [0.3, 0.4) is 0 Å². The van der Waals surface area contributed by atoms with E-state index in [1.165, 1.54) is 0 Å². The lowest BCUT2D eigenvalue weighted by Gasteiger charge is -2.19. The van der Waals surface area contributed by atoms with Crippen molar-refractivity contribution in [3.05, 3.63) is 109 Å². The van der Waals surface area contributed by atoms with Crippen molar-refractivity contribution in [1.82, 2.24) is 0 Å². The van der Waals surface area contributed by atoms with Crippen molar-refractivity contribution >= 4 is 61.1 Å². The first-order valence-electron chi connectivity index (χ1n) is 10.3. The van der Waals surface area contributed by atoms with Crippen LogP contribution in [0.2, 0.25) is 0 Å². The molecule has 0 amide bonds. The molecule has 147 valence electrons. The highest BCUT2D eigenvalue weighted by molar-refractivity contribution is 7.75. The first kappa shape index (κ1) is 18.3. The SMILES string of the molecule is [O]P(=O)(c1c2ccccc2cc2ccccc12)c1c2ccccc2cc2ccccc12. The van der Waals surface area contributed by atoms with E-state index in [-0.39, 0.29) is 0 Å². The summed E-state index contributed by atoms with van der Waals surface area (Å²) in [5, 5.41) is 7.56. The molecule has 0 aliphatic carbocycles. The van der Waals surface area contributed by atoms with Crippen molar-refractivity contribution in [2.45, 2.75) is 0 Å². The fourth-order valence-electron chi connectivity index (χ4n) is 4.73. The summed E-state index contributed by atoms with van der Waals surface area (Å²) < 4.78 is 14.5. The minimum absolute atomic E-state index is 0.405. The fraction of sp³-hybridized carbons (Fsp3) is 0. The van der Waals surface area contributed by atoms with Crippen LogP contribution >= 0.6 is 7.37 Å². The van der Waals surface area contributed by atoms with Crippen molar-refractivity contribution < 1.29 is 9.46 Å². The Morgan fingerprint density at radius 2 is 0.677 bits per heavy atom. The summed E-state index contributed by atoms with van der Waals surface area (Å²) in [7, 11) is -4.23. The van der Waals surface area contributed by atoms with Crippen LogP contribution in [-0.2, 0) is 9.46 Å². The number of benzene rings is 6. The van der Waals surface area contributed by atoms with Gasteiger partial charge in [0.25, 0.3) is 7.37 Å². The monoisotopic (exact) mass is 417 g/mol. The first-order chi connectivity index (χ1) is 15.1. The van der Waals surface area contributed by atoms with Crippen LogP contribution in [0.1, 0.15) is 0 Å². The summed E-state index contributed by atoms with van der Waals surface area (Å²) in [5.74, 6) is 0. The summed E-state index contributed by atoms with van der Waals surface area (Å²) in [6.45, 7) is 0. The Hall–Kier alpha value is -3.45. The molecule has 0 fully saturated rings. The lowest BCUT2D eigenvalue weighted by Crippen LogP contribution is -2.18. The lowest BCUT2D eigenvalue weighted by atomic mass is 10.0. The third-order valence-electron chi connectivity index (χ3n) is 6.07. The Kier molecular flexibility index (Phi) is 4.01. The standard InChI is InChI=1S/C28H18O2P/c29-31(30,27-23-13-5-1-9-19(23)17-20-10-2-6-14-24(20)27)28-25-15-7-3-11-21(25)18-22-12-4-8-16-26(22)28/h1-18H. The van der Waals surface area contributed by atoms with Crippen LogP contribution in [0.5, 0.6) is 0 Å². The van der Waals surface area contributed by atoms with Gasteiger partial charge < -0.3 is 0 Å². The maximum absolute atomic E-state index is 14.5. The summed E-state index contributed by atoms with van der Waals surface area (Å²) in [5.41, 5.74) is 0. The molecular formula is C28H18O2P. The van der Waals surface area contributed by atoms with Gasteiger partial charge in [-0.15, -0.1) is 0 Å². The Labute approximate surface area is 179 Å². The van der Waals surface area contributed by atoms with E-state index in [1.54, 1.807) is 0 Å². The molecule has 6 aromatic rings. The average Bonchev–Trinajstić information content (AvgIpc) is 2.80. The Balaban J connectivity index is 1.85. The second-order valence-electron chi connectivity index (χ2n) is 7.89. The van der Waals surface area contributed by atoms with E-state index < -0.39 is 7.37 Å². The minimum atomic E-state index is -4.23. The van der Waals surface area contributed by atoms with Gasteiger partial charge in [0.05, 0.1) is 10.6 Å². The molecule has 0 aliphatic heterocycles. The van der Waals surface area contributed by atoms with E-state index in [2.05, 4.69) is 12.1 Å². The minimum Gasteiger partial charge on any atom is -0.280 e. The molecule has 0 bridgehead atoms. The number of fused-ring (bicyclic) bond motifs is 4. The quantitative estimate of drug-likeness (QED) is 0.222. The molecule has 0 saturated heterocycles. The summed E-state index contributed by atoms with van der Waals surface area (Å²) in [6, 6.07) is 35.1. The van der Waals surface area contributed by atoms with Crippen LogP contribution in [0.4, 0.5) is 0 Å². The van der Waals surface area contributed by atoms with E-state index in [0.29, 0.717) is 10.6 Å². The third kappa shape index (κ3) is 2.73. The van der Waals surface area contributed by atoms with Crippen LogP contribution in [0.25, 0.3) is 43.1 Å². The molecule has 0 heterocycles. The largest absolute Gasteiger partial charge is 0.294 e. The molecule has 0 N–H and O–H groups in total. The van der Waals surface area contributed by atoms with Gasteiger partial charge >= 0.3 is 0 Å². The molecule has 6 aromatic carbocycles. The summed E-state index contributed by atoms with van der Waals surface area (Å²) in [4.78, 5) is 14.5. The Bertz CT molecular complexity index is 1450. The highest BCUT2D eigenvalue weighted by Gasteiger charge is 2.34. The second-order valence-corrected chi connectivity index (χ2v) is 9.88. The van der Waals surface area contributed by atoms with Gasteiger partial charge in [-0.1, -0.05) is 97.1 Å². The zero-order valence-corrected chi connectivity index (χ0v) is 17.6. The zero-order valence-electron chi connectivity index (χ0n) is 16.7. The topological polar surface area (TPSA) is 37.0 Å². The van der Waals surface area contributed by atoms with E-state index in [9.17, 15) is 9.46 Å². The molecule has 3 heteroatoms. The smallest absolute Gasteiger partial charge is 0.280 e.